The van der Waals surface area contributed by atoms with Gasteiger partial charge in [0.15, 0.2) is 0 Å². The second kappa shape index (κ2) is 3.68. The van der Waals surface area contributed by atoms with E-state index in [1.165, 1.54) is 0 Å². The van der Waals surface area contributed by atoms with Crippen molar-refractivity contribution in [3.8, 4) is 5.75 Å². The molecule has 1 heterocycles. The van der Waals surface area contributed by atoms with Crippen LogP contribution in [0.3, 0.4) is 0 Å². The molecule has 0 fully saturated rings. The SMILES string of the molecule is COC1CCOc2ccc(Br)cc21. The van der Waals surface area contributed by atoms with Crippen LogP contribution in [-0.2, 0) is 4.74 Å². The second-order valence-electron chi connectivity index (χ2n) is 3.04. The fraction of sp³-hybridized carbons (Fsp3) is 0.400. The molecule has 1 aliphatic rings. The van der Waals surface area contributed by atoms with E-state index in [9.17, 15) is 0 Å². The molecule has 0 bridgehead atoms. The van der Waals surface area contributed by atoms with Gasteiger partial charge in [-0.2, -0.15) is 0 Å². The normalized spacial score (nSPS) is 20.6. The summed E-state index contributed by atoms with van der Waals surface area (Å²) in [5.41, 5.74) is 1.14. The minimum absolute atomic E-state index is 0.182. The number of methoxy groups -OCH3 is 1. The molecule has 1 atom stereocenters. The summed E-state index contributed by atoms with van der Waals surface area (Å²) in [7, 11) is 1.74. The molecule has 0 spiro atoms. The number of rotatable bonds is 1. The first-order valence-electron chi connectivity index (χ1n) is 4.26. The Labute approximate surface area is 86.0 Å². The van der Waals surface area contributed by atoms with Gasteiger partial charge in [-0.05, 0) is 18.2 Å². The van der Waals surface area contributed by atoms with Gasteiger partial charge in [0, 0.05) is 23.6 Å². The zero-order valence-electron chi connectivity index (χ0n) is 7.42. The molecule has 3 heteroatoms. The smallest absolute Gasteiger partial charge is 0.125 e. The van der Waals surface area contributed by atoms with Crippen molar-refractivity contribution in [2.45, 2.75) is 12.5 Å². The van der Waals surface area contributed by atoms with Crippen LogP contribution in [0.5, 0.6) is 5.75 Å². The Kier molecular flexibility index (Phi) is 2.56. The van der Waals surface area contributed by atoms with Crippen molar-refractivity contribution < 1.29 is 9.47 Å². The molecule has 1 aromatic rings. The van der Waals surface area contributed by atoms with Crippen LogP contribution in [0.25, 0.3) is 0 Å². The predicted molar refractivity (Wildman–Crippen MR) is 54.0 cm³/mol. The number of hydrogen-bond donors (Lipinski definition) is 0. The number of halogens is 1. The van der Waals surface area contributed by atoms with Crippen LogP contribution in [-0.4, -0.2) is 13.7 Å². The second-order valence-corrected chi connectivity index (χ2v) is 3.96. The maximum Gasteiger partial charge on any atom is 0.125 e. The summed E-state index contributed by atoms with van der Waals surface area (Å²) in [6.07, 6.45) is 1.11. The van der Waals surface area contributed by atoms with Crippen LogP contribution in [0, 0.1) is 0 Å². The molecule has 1 unspecified atom stereocenters. The highest BCUT2D eigenvalue weighted by molar-refractivity contribution is 9.10. The lowest BCUT2D eigenvalue weighted by atomic mass is 10.0. The predicted octanol–water partition coefficient (Wildman–Crippen LogP) is 2.92. The third-order valence-corrected chi connectivity index (χ3v) is 2.73. The van der Waals surface area contributed by atoms with E-state index in [1.807, 2.05) is 12.1 Å². The Hall–Kier alpha value is -0.540. The fourth-order valence-corrected chi connectivity index (χ4v) is 1.96. The summed E-state index contributed by atoms with van der Waals surface area (Å²) >= 11 is 3.44. The lowest BCUT2D eigenvalue weighted by molar-refractivity contribution is 0.0636. The van der Waals surface area contributed by atoms with Gasteiger partial charge in [0.05, 0.1) is 12.7 Å². The molecule has 70 valence electrons. The fourth-order valence-electron chi connectivity index (χ4n) is 1.58. The minimum atomic E-state index is 0.182. The van der Waals surface area contributed by atoms with Crippen molar-refractivity contribution in [3.63, 3.8) is 0 Å². The topological polar surface area (TPSA) is 18.5 Å². The highest BCUT2D eigenvalue weighted by Crippen LogP contribution is 2.35. The number of ether oxygens (including phenoxy) is 2. The molecule has 0 saturated carbocycles. The Morgan fingerprint density at radius 3 is 3.15 bits per heavy atom. The molecule has 0 amide bonds. The van der Waals surface area contributed by atoms with Gasteiger partial charge in [0.1, 0.15) is 5.75 Å². The molecular weight excluding hydrogens is 232 g/mol. The van der Waals surface area contributed by atoms with Crippen LogP contribution >= 0.6 is 15.9 Å². The molecule has 0 saturated heterocycles. The van der Waals surface area contributed by atoms with Gasteiger partial charge >= 0.3 is 0 Å². The first kappa shape index (κ1) is 9.03. The van der Waals surface area contributed by atoms with Crippen molar-refractivity contribution in [1.29, 1.82) is 0 Å². The van der Waals surface area contributed by atoms with Crippen LogP contribution in [0.15, 0.2) is 22.7 Å². The first-order valence-corrected chi connectivity index (χ1v) is 5.05. The Morgan fingerprint density at radius 2 is 2.38 bits per heavy atom. The van der Waals surface area contributed by atoms with E-state index in [-0.39, 0.29) is 6.10 Å². The van der Waals surface area contributed by atoms with E-state index in [0.717, 1.165) is 28.8 Å². The zero-order chi connectivity index (χ0) is 9.26. The van der Waals surface area contributed by atoms with Crippen molar-refractivity contribution in [3.05, 3.63) is 28.2 Å². The quantitative estimate of drug-likeness (QED) is 0.754. The highest BCUT2D eigenvalue weighted by atomic mass is 79.9. The first-order chi connectivity index (χ1) is 6.31. The van der Waals surface area contributed by atoms with E-state index < -0.39 is 0 Å². The average molecular weight is 243 g/mol. The molecule has 1 aromatic carbocycles. The van der Waals surface area contributed by atoms with Crippen LogP contribution < -0.4 is 4.74 Å². The molecule has 0 radical (unpaired) electrons. The molecule has 2 nitrogen and oxygen atoms in total. The monoisotopic (exact) mass is 242 g/mol. The van der Waals surface area contributed by atoms with Crippen LogP contribution in [0.1, 0.15) is 18.1 Å². The summed E-state index contributed by atoms with van der Waals surface area (Å²) in [5.74, 6) is 0.946. The molecule has 13 heavy (non-hydrogen) atoms. The van der Waals surface area contributed by atoms with Crippen LogP contribution in [0.2, 0.25) is 0 Å². The Balaban J connectivity index is 2.41. The van der Waals surface area contributed by atoms with Gasteiger partial charge in [-0.1, -0.05) is 15.9 Å². The number of benzene rings is 1. The van der Waals surface area contributed by atoms with E-state index >= 15 is 0 Å². The Morgan fingerprint density at radius 1 is 1.54 bits per heavy atom. The lowest BCUT2D eigenvalue weighted by Crippen LogP contribution is -2.15. The lowest BCUT2D eigenvalue weighted by Gasteiger charge is -2.24. The van der Waals surface area contributed by atoms with Crippen molar-refractivity contribution in [1.82, 2.24) is 0 Å². The minimum Gasteiger partial charge on any atom is -0.493 e. The average Bonchev–Trinajstić information content (AvgIpc) is 2.17. The summed E-state index contributed by atoms with van der Waals surface area (Å²) in [6, 6.07) is 6.02. The van der Waals surface area contributed by atoms with Gasteiger partial charge in [-0.25, -0.2) is 0 Å². The summed E-state index contributed by atoms with van der Waals surface area (Å²) in [4.78, 5) is 0. The zero-order valence-corrected chi connectivity index (χ0v) is 9.00. The standard InChI is InChI=1S/C10H11BrO2/c1-12-9-4-5-13-10-3-2-7(11)6-8(9)10/h2-3,6,9H,4-5H2,1H3. The molecule has 0 N–H and O–H groups in total. The largest absolute Gasteiger partial charge is 0.493 e. The maximum absolute atomic E-state index is 5.51. The van der Waals surface area contributed by atoms with Crippen molar-refractivity contribution in [2.75, 3.05) is 13.7 Å². The van der Waals surface area contributed by atoms with Gasteiger partial charge in [-0.3, -0.25) is 0 Å². The van der Waals surface area contributed by atoms with Crippen LogP contribution in [0.4, 0.5) is 0 Å². The van der Waals surface area contributed by atoms with E-state index in [1.54, 1.807) is 7.11 Å². The summed E-state index contributed by atoms with van der Waals surface area (Å²) in [5, 5.41) is 0. The molecule has 0 aliphatic carbocycles. The third kappa shape index (κ3) is 1.71. The van der Waals surface area contributed by atoms with Gasteiger partial charge in [0.25, 0.3) is 0 Å². The molecule has 1 aliphatic heterocycles. The van der Waals surface area contributed by atoms with Gasteiger partial charge < -0.3 is 9.47 Å². The Bertz CT molecular complexity index is 312. The number of hydrogen-bond acceptors (Lipinski definition) is 2. The number of fused-ring (bicyclic) bond motifs is 1. The molecular formula is C10H11BrO2. The van der Waals surface area contributed by atoms with Crippen molar-refractivity contribution >= 4 is 15.9 Å². The molecule has 0 aromatic heterocycles. The summed E-state index contributed by atoms with van der Waals surface area (Å²) < 4.78 is 11.9. The van der Waals surface area contributed by atoms with E-state index in [2.05, 4.69) is 22.0 Å². The third-order valence-electron chi connectivity index (χ3n) is 2.24. The highest BCUT2D eigenvalue weighted by Gasteiger charge is 2.20. The van der Waals surface area contributed by atoms with E-state index in [4.69, 9.17) is 9.47 Å². The van der Waals surface area contributed by atoms with Crippen molar-refractivity contribution in [2.24, 2.45) is 0 Å². The maximum atomic E-state index is 5.51. The van der Waals surface area contributed by atoms with Gasteiger partial charge in [-0.15, -0.1) is 0 Å². The summed E-state index contributed by atoms with van der Waals surface area (Å²) in [6.45, 7) is 0.743. The van der Waals surface area contributed by atoms with E-state index in [0.29, 0.717) is 0 Å². The molecule has 2 rings (SSSR count). The van der Waals surface area contributed by atoms with Gasteiger partial charge in [0.2, 0.25) is 0 Å².